The van der Waals surface area contributed by atoms with E-state index in [0.717, 1.165) is 24.8 Å². The number of halogens is 3. The van der Waals surface area contributed by atoms with Crippen LogP contribution in [0.1, 0.15) is 31.7 Å². The summed E-state index contributed by atoms with van der Waals surface area (Å²) < 4.78 is 44.1. The maximum absolute atomic E-state index is 15.2. The molecule has 1 amide bonds. The van der Waals surface area contributed by atoms with Gasteiger partial charge in [-0.3, -0.25) is 4.79 Å². The van der Waals surface area contributed by atoms with E-state index < -0.39 is 30.2 Å². The van der Waals surface area contributed by atoms with Crippen LogP contribution in [0.15, 0.2) is 48.5 Å². The van der Waals surface area contributed by atoms with E-state index in [-0.39, 0.29) is 18.2 Å². The smallest absolute Gasteiger partial charge is 0.269 e. The summed E-state index contributed by atoms with van der Waals surface area (Å²) in [6.45, 7) is 0.909. The molecule has 2 aromatic rings. The lowest BCUT2D eigenvalue weighted by Crippen LogP contribution is -2.44. The van der Waals surface area contributed by atoms with Gasteiger partial charge in [0.2, 0.25) is 5.91 Å². The number of carbonyl (C=O) groups is 1. The lowest BCUT2D eigenvalue weighted by atomic mass is 9.83. The summed E-state index contributed by atoms with van der Waals surface area (Å²) in [5.74, 6) is -4.69. The maximum Gasteiger partial charge on any atom is 0.269 e. The average Bonchev–Trinajstić information content (AvgIpc) is 2.86. The third-order valence-electron chi connectivity index (χ3n) is 6.35. The van der Waals surface area contributed by atoms with Gasteiger partial charge in [0.05, 0.1) is 6.54 Å². The Labute approximate surface area is 163 Å². The van der Waals surface area contributed by atoms with Gasteiger partial charge in [-0.25, -0.2) is 13.2 Å². The number of benzene rings is 2. The second kappa shape index (κ2) is 7.26. The molecule has 1 saturated carbocycles. The van der Waals surface area contributed by atoms with Crippen LogP contribution >= 0.6 is 0 Å². The Hall–Kier alpha value is -2.30. The first-order chi connectivity index (χ1) is 13.4. The summed E-state index contributed by atoms with van der Waals surface area (Å²) in [5, 5.41) is 0. The largest absolute Gasteiger partial charge is 0.333 e. The van der Waals surface area contributed by atoms with Crippen LogP contribution in [0.5, 0.6) is 0 Å². The Balaban J connectivity index is 1.64. The third-order valence-corrected chi connectivity index (χ3v) is 6.35. The summed E-state index contributed by atoms with van der Waals surface area (Å²) >= 11 is 0. The molecule has 0 radical (unpaired) electrons. The van der Waals surface area contributed by atoms with Gasteiger partial charge in [0, 0.05) is 23.4 Å². The molecule has 5 heteroatoms. The van der Waals surface area contributed by atoms with E-state index in [0.29, 0.717) is 11.1 Å². The van der Waals surface area contributed by atoms with Crippen molar-refractivity contribution in [1.82, 2.24) is 4.90 Å². The van der Waals surface area contributed by atoms with Crippen molar-refractivity contribution in [3.05, 3.63) is 59.9 Å². The predicted molar refractivity (Wildman–Crippen MR) is 102 cm³/mol. The summed E-state index contributed by atoms with van der Waals surface area (Å²) in [4.78, 5) is 14.1. The summed E-state index contributed by atoms with van der Waals surface area (Å²) in [6, 6.07) is 13.6. The highest BCUT2D eigenvalue weighted by Gasteiger charge is 2.54. The van der Waals surface area contributed by atoms with E-state index >= 15 is 4.39 Å². The Morgan fingerprint density at radius 1 is 1.11 bits per heavy atom. The minimum atomic E-state index is -2.95. The summed E-state index contributed by atoms with van der Waals surface area (Å²) in [5.41, 5.74) is 1.57. The fourth-order valence-corrected chi connectivity index (χ4v) is 4.26. The van der Waals surface area contributed by atoms with E-state index in [9.17, 15) is 13.6 Å². The fraction of sp³-hybridized carbons (Fsp3) is 0.435. The SMILES string of the molecule is C[C@@H]1[C@H](Cc2cccc(-c3ccccc3)c2F)N(C(=O)C2CCC2)CC1(F)F. The van der Waals surface area contributed by atoms with E-state index in [4.69, 9.17) is 0 Å². The number of hydrogen-bond donors (Lipinski definition) is 0. The molecule has 1 aliphatic heterocycles. The lowest BCUT2D eigenvalue weighted by molar-refractivity contribution is -0.140. The zero-order chi connectivity index (χ0) is 19.9. The van der Waals surface area contributed by atoms with Gasteiger partial charge in [0.25, 0.3) is 5.92 Å². The highest BCUT2D eigenvalue weighted by molar-refractivity contribution is 5.80. The monoisotopic (exact) mass is 387 g/mol. The molecule has 4 rings (SSSR count). The molecule has 0 unspecified atom stereocenters. The molecule has 2 nitrogen and oxygen atoms in total. The van der Waals surface area contributed by atoms with Crippen LogP contribution in [0.3, 0.4) is 0 Å². The van der Waals surface area contributed by atoms with Gasteiger partial charge in [-0.15, -0.1) is 0 Å². The average molecular weight is 387 g/mol. The van der Waals surface area contributed by atoms with Crippen LogP contribution in [0, 0.1) is 17.7 Å². The predicted octanol–water partition coefficient (Wildman–Crippen LogP) is 5.32. The van der Waals surface area contributed by atoms with Crippen LogP contribution in [0.25, 0.3) is 11.1 Å². The second-order valence-corrected chi connectivity index (χ2v) is 8.06. The van der Waals surface area contributed by atoms with Gasteiger partial charge in [0.15, 0.2) is 0 Å². The van der Waals surface area contributed by atoms with Gasteiger partial charge < -0.3 is 4.90 Å². The number of likely N-dealkylation sites (tertiary alicyclic amines) is 1. The fourth-order valence-electron chi connectivity index (χ4n) is 4.26. The molecule has 0 bridgehead atoms. The van der Waals surface area contributed by atoms with Crippen molar-refractivity contribution in [1.29, 1.82) is 0 Å². The first kappa shape index (κ1) is 19.0. The van der Waals surface area contributed by atoms with Gasteiger partial charge in [-0.2, -0.15) is 0 Å². The Bertz CT molecular complexity index is 863. The van der Waals surface area contributed by atoms with Gasteiger partial charge in [-0.1, -0.05) is 61.9 Å². The molecule has 2 atom stereocenters. The van der Waals surface area contributed by atoms with E-state index in [1.165, 1.54) is 11.8 Å². The van der Waals surface area contributed by atoms with E-state index in [1.807, 2.05) is 30.3 Å². The normalized spacial score (nSPS) is 24.2. The quantitative estimate of drug-likeness (QED) is 0.696. The Morgan fingerprint density at radius 2 is 1.82 bits per heavy atom. The highest BCUT2D eigenvalue weighted by atomic mass is 19.3. The minimum absolute atomic E-state index is 0.0989. The molecular weight excluding hydrogens is 363 g/mol. The minimum Gasteiger partial charge on any atom is -0.333 e. The van der Waals surface area contributed by atoms with Crippen LogP contribution in [0.2, 0.25) is 0 Å². The Morgan fingerprint density at radius 3 is 2.46 bits per heavy atom. The number of carbonyl (C=O) groups excluding carboxylic acids is 1. The van der Waals surface area contributed by atoms with Crippen LogP contribution in [0.4, 0.5) is 13.2 Å². The summed E-state index contributed by atoms with van der Waals surface area (Å²) in [7, 11) is 0. The van der Waals surface area contributed by atoms with Crippen LogP contribution in [-0.4, -0.2) is 29.3 Å². The van der Waals surface area contributed by atoms with Gasteiger partial charge in [-0.05, 0) is 30.4 Å². The number of alkyl halides is 2. The van der Waals surface area contributed by atoms with Crippen molar-refractivity contribution in [2.45, 2.75) is 44.6 Å². The summed E-state index contributed by atoms with van der Waals surface area (Å²) in [6.07, 6.45) is 2.59. The molecule has 1 aliphatic carbocycles. The highest BCUT2D eigenvalue weighted by Crippen LogP contribution is 2.42. The van der Waals surface area contributed by atoms with Crippen molar-refractivity contribution >= 4 is 5.91 Å². The van der Waals surface area contributed by atoms with E-state index in [2.05, 4.69) is 0 Å². The number of amides is 1. The topological polar surface area (TPSA) is 20.3 Å². The third kappa shape index (κ3) is 3.31. The molecule has 1 heterocycles. The molecule has 28 heavy (non-hydrogen) atoms. The molecule has 0 N–H and O–H groups in total. The van der Waals surface area contributed by atoms with Crippen LogP contribution in [-0.2, 0) is 11.2 Å². The molecule has 2 fully saturated rings. The van der Waals surface area contributed by atoms with Crippen LogP contribution < -0.4 is 0 Å². The Kier molecular flexibility index (Phi) is 4.94. The zero-order valence-electron chi connectivity index (χ0n) is 15.9. The molecular formula is C23H24F3NO. The molecule has 148 valence electrons. The van der Waals surface area contributed by atoms with Crippen molar-refractivity contribution in [2.75, 3.05) is 6.54 Å². The van der Waals surface area contributed by atoms with Crippen molar-refractivity contribution < 1.29 is 18.0 Å². The maximum atomic E-state index is 15.2. The van der Waals surface area contributed by atoms with Crippen molar-refractivity contribution in [2.24, 2.45) is 11.8 Å². The number of rotatable bonds is 4. The molecule has 2 aromatic carbocycles. The lowest BCUT2D eigenvalue weighted by Gasteiger charge is -2.33. The van der Waals surface area contributed by atoms with Crippen molar-refractivity contribution in [3.8, 4) is 11.1 Å². The molecule has 1 saturated heterocycles. The first-order valence-electron chi connectivity index (χ1n) is 9.89. The number of nitrogens with zero attached hydrogens (tertiary/aromatic N) is 1. The molecule has 2 aliphatic rings. The standard InChI is InChI=1S/C23H24F3NO/c1-15-20(27(14-23(15,25)26)22(28)17-9-5-10-17)13-18-11-6-12-19(21(18)24)16-7-3-2-4-8-16/h2-4,6-8,11-12,15,17,20H,5,9-10,13-14H2,1H3/t15-,20+/m1/s1. The molecule has 0 aromatic heterocycles. The first-order valence-corrected chi connectivity index (χ1v) is 9.89. The zero-order valence-corrected chi connectivity index (χ0v) is 15.9. The van der Waals surface area contributed by atoms with Gasteiger partial charge in [0.1, 0.15) is 5.82 Å². The van der Waals surface area contributed by atoms with Crippen molar-refractivity contribution in [3.63, 3.8) is 0 Å². The molecule has 0 spiro atoms. The second-order valence-electron chi connectivity index (χ2n) is 8.06. The van der Waals surface area contributed by atoms with E-state index in [1.54, 1.807) is 18.2 Å². The van der Waals surface area contributed by atoms with Gasteiger partial charge >= 0.3 is 0 Å². The number of hydrogen-bond acceptors (Lipinski definition) is 1.